The second kappa shape index (κ2) is 6.57. The van der Waals surface area contributed by atoms with E-state index in [9.17, 15) is 9.90 Å². The first-order valence-corrected chi connectivity index (χ1v) is 6.79. The van der Waals surface area contributed by atoms with Gasteiger partial charge in [-0.15, -0.1) is 0 Å². The molecule has 1 aliphatic heterocycles. The molecule has 0 aromatic heterocycles. The lowest BCUT2D eigenvalue weighted by Gasteiger charge is -2.27. The van der Waals surface area contributed by atoms with E-state index in [4.69, 9.17) is 4.74 Å². The topological polar surface area (TPSA) is 49.8 Å². The highest BCUT2D eigenvalue weighted by atomic mass is 16.5. The fourth-order valence-electron chi connectivity index (χ4n) is 2.32. The van der Waals surface area contributed by atoms with Gasteiger partial charge in [-0.3, -0.25) is 4.79 Å². The molecule has 1 N–H and O–H groups in total. The third-order valence-electron chi connectivity index (χ3n) is 3.51. The number of para-hydroxylation sites is 1. The van der Waals surface area contributed by atoms with E-state index < -0.39 is 0 Å². The summed E-state index contributed by atoms with van der Waals surface area (Å²) >= 11 is 0. The highest BCUT2D eigenvalue weighted by Gasteiger charge is 2.19. The summed E-state index contributed by atoms with van der Waals surface area (Å²) in [6, 6.07) is 6.96. The van der Waals surface area contributed by atoms with Gasteiger partial charge in [-0.25, -0.2) is 0 Å². The second-order valence-corrected chi connectivity index (χ2v) is 5.07. The summed E-state index contributed by atoms with van der Waals surface area (Å²) in [6.45, 7) is 1.43. The molecule has 1 aliphatic rings. The molecule has 0 bridgehead atoms. The predicted octanol–water partition coefficient (Wildman–Crippen LogP) is 1.96. The van der Waals surface area contributed by atoms with Gasteiger partial charge < -0.3 is 14.7 Å². The molecule has 1 heterocycles. The van der Waals surface area contributed by atoms with E-state index in [1.165, 1.54) is 6.42 Å². The number of phenolic OH excluding ortho intramolecular Hbond substituents is 1. The molecule has 0 spiro atoms. The van der Waals surface area contributed by atoms with Gasteiger partial charge in [0.05, 0.1) is 12.5 Å². The zero-order valence-electron chi connectivity index (χ0n) is 11.3. The molecule has 4 heteroatoms. The molecule has 2 rings (SSSR count). The van der Waals surface area contributed by atoms with E-state index in [-0.39, 0.29) is 24.2 Å². The molecule has 19 heavy (non-hydrogen) atoms. The van der Waals surface area contributed by atoms with Crippen molar-refractivity contribution in [3.05, 3.63) is 29.8 Å². The number of phenols is 1. The zero-order valence-corrected chi connectivity index (χ0v) is 11.3. The molecule has 0 saturated carbocycles. The van der Waals surface area contributed by atoms with E-state index in [1.54, 1.807) is 30.1 Å². The molecule has 1 unspecified atom stereocenters. The Morgan fingerprint density at radius 2 is 2.21 bits per heavy atom. The van der Waals surface area contributed by atoms with Crippen molar-refractivity contribution >= 4 is 5.91 Å². The monoisotopic (exact) mass is 263 g/mol. The van der Waals surface area contributed by atoms with Crippen LogP contribution in [0.2, 0.25) is 0 Å². The van der Waals surface area contributed by atoms with Gasteiger partial charge >= 0.3 is 0 Å². The van der Waals surface area contributed by atoms with Crippen LogP contribution in [0.5, 0.6) is 5.75 Å². The largest absolute Gasteiger partial charge is 0.508 e. The minimum Gasteiger partial charge on any atom is -0.508 e. The number of likely N-dealkylation sites (N-methyl/N-ethyl adjacent to an activating group) is 1. The highest BCUT2D eigenvalue weighted by molar-refractivity contribution is 5.79. The first kappa shape index (κ1) is 13.9. The Labute approximate surface area is 114 Å². The van der Waals surface area contributed by atoms with Crippen LogP contribution in [0.1, 0.15) is 24.8 Å². The predicted molar refractivity (Wildman–Crippen MR) is 73.0 cm³/mol. The molecular formula is C15H21NO3. The number of rotatable bonds is 4. The van der Waals surface area contributed by atoms with Crippen LogP contribution in [0, 0.1) is 0 Å². The molecule has 0 aliphatic carbocycles. The van der Waals surface area contributed by atoms with E-state index >= 15 is 0 Å². The molecule has 104 valence electrons. The molecular weight excluding hydrogens is 242 g/mol. The van der Waals surface area contributed by atoms with Crippen LogP contribution in [0.25, 0.3) is 0 Å². The molecule has 1 saturated heterocycles. The first-order valence-electron chi connectivity index (χ1n) is 6.79. The normalized spacial score (nSPS) is 19.1. The van der Waals surface area contributed by atoms with Crippen LogP contribution in [0.4, 0.5) is 0 Å². The molecule has 0 radical (unpaired) electrons. The average Bonchev–Trinajstić information content (AvgIpc) is 2.42. The van der Waals surface area contributed by atoms with Crippen molar-refractivity contribution < 1.29 is 14.6 Å². The van der Waals surface area contributed by atoms with Crippen molar-refractivity contribution in [2.24, 2.45) is 0 Å². The van der Waals surface area contributed by atoms with Gasteiger partial charge in [0.2, 0.25) is 5.91 Å². The Morgan fingerprint density at radius 1 is 1.42 bits per heavy atom. The first-order chi connectivity index (χ1) is 9.16. The minimum absolute atomic E-state index is 0.00988. The van der Waals surface area contributed by atoms with Crippen LogP contribution >= 0.6 is 0 Å². The Bertz CT molecular complexity index is 427. The standard InChI is InChI=1S/C15H21NO3/c1-16(11-13-7-4-5-9-19-13)15(18)10-12-6-2-3-8-14(12)17/h2-3,6,8,13,17H,4-5,7,9-11H2,1H3. The van der Waals surface area contributed by atoms with Crippen molar-refractivity contribution in [3.63, 3.8) is 0 Å². The van der Waals surface area contributed by atoms with Crippen molar-refractivity contribution in [2.75, 3.05) is 20.2 Å². The third-order valence-corrected chi connectivity index (χ3v) is 3.51. The maximum absolute atomic E-state index is 12.1. The smallest absolute Gasteiger partial charge is 0.226 e. The van der Waals surface area contributed by atoms with Gasteiger partial charge in [0.15, 0.2) is 0 Å². The summed E-state index contributed by atoms with van der Waals surface area (Å²) in [5.41, 5.74) is 0.670. The van der Waals surface area contributed by atoms with E-state index in [2.05, 4.69) is 0 Å². The summed E-state index contributed by atoms with van der Waals surface area (Å²) in [7, 11) is 1.79. The molecule has 4 nitrogen and oxygen atoms in total. The van der Waals surface area contributed by atoms with Crippen LogP contribution in [0.15, 0.2) is 24.3 Å². The van der Waals surface area contributed by atoms with Crippen molar-refractivity contribution in [1.29, 1.82) is 0 Å². The van der Waals surface area contributed by atoms with Crippen LogP contribution < -0.4 is 0 Å². The minimum atomic E-state index is 0.00988. The van der Waals surface area contributed by atoms with Crippen LogP contribution in [0.3, 0.4) is 0 Å². The van der Waals surface area contributed by atoms with Gasteiger partial charge in [0.1, 0.15) is 5.75 Å². The quantitative estimate of drug-likeness (QED) is 0.903. The van der Waals surface area contributed by atoms with Gasteiger partial charge in [0, 0.05) is 25.8 Å². The number of carbonyl (C=O) groups is 1. The Morgan fingerprint density at radius 3 is 2.89 bits per heavy atom. The van der Waals surface area contributed by atoms with Gasteiger partial charge in [-0.05, 0) is 25.3 Å². The molecule has 1 fully saturated rings. The fraction of sp³-hybridized carbons (Fsp3) is 0.533. The lowest BCUT2D eigenvalue weighted by Crippen LogP contribution is -2.37. The maximum atomic E-state index is 12.1. The summed E-state index contributed by atoms with van der Waals surface area (Å²) < 4.78 is 5.63. The van der Waals surface area contributed by atoms with Crippen LogP contribution in [-0.2, 0) is 16.0 Å². The van der Waals surface area contributed by atoms with Gasteiger partial charge in [-0.1, -0.05) is 18.2 Å². The molecule has 1 amide bonds. The average molecular weight is 263 g/mol. The number of carbonyl (C=O) groups excluding carboxylic acids is 1. The Balaban J connectivity index is 1.87. The number of nitrogens with zero attached hydrogens (tertiary/aromatic N) is 1. The molecule has 1 aromatic rings. The van der Waals surface area contributed by atoms with Crippen LogP contribution in [-0.4, -0.2) is 42.2 Å². The van der Waals surface area contributed by atoms with E-state index in [0.29, 0.717) is 12.1 Å². The number of amides is 1. The van der Waals surface area contributed by atoms with Gasteiger partial charge in [0.25, 0.3) is 0 Å². The number of hydrogen-bond donors (Lipinski definition) is 1. The SMILES string of the molecule is CN(CC1CCCCO1)C(=O)Cc1ccccc1O. The second-order valence-electron chi connectivity index (χ2n) is 5.07. The third kappa shape index (κ3) is 3.96. The van der Waals surface area contributed by atoms with Gasteiger partial charge in [-0.2, -0.15) is 0 Å². The fourth-order valence-corrected chi connectivity index (χ4v) is 2.32. The summed E-state index contributed by atoms with van der Waals surface area (Å²) in [6.07, 6.45) is 3.70. The van der Waals surface area contributed by atoms with Crippen molar-refractivity contribution in [1.82, 2.24) is 4.90 Å². The van der Waals surface area contributed by atoms with Crippen molar-refractivity contribution in [3.8, 4) is 5.75 Å². The summed E-state index contributed by atoms with van der Waals surface area (Å²) in [4.78, 5) is 13.8. The maximum Gasteiger partial charge on any atom is 0.226 e. The van der Waals surface area contributed by atoms with Crippen molar-refractivity contribution in [2.45, 2.75) is 31.8 Å². The lowest BCUT2D eigenvalue weighted by molar-refractivity contribution is -0.131. The molecule has 1 aromatic carbocycles. The number of hydrogen-bond acceptors (Lipinski definition) is 3. The zero-order chi connectivity index (χ0) is 13.7. The highest BCUT2D eigenvalue weighted by Crippen LogP contribution is 2.18. The summed E-state index contributed by atoms with van der Waals surface area (Å²) in [5, 5.41) is 9.67. The Kier molecular flexibility index (Phi) is 4.80. The number of aromatic hydroxyl groups is 1. The summed E-state index contributed by atoms with van der Waals surface area (Å²) in [5.74, 6) is 0.189. The number of ether oxygens (including phenoxy) is 1. The number of benzene rings is 1. The van der Waals surface area contributed by atoms with E-state index in [0.717, 1.165) is 19.4 Å². The molecule has 1 atom stereocenters. The van der Waals surface area contributed by atoms with E-state index in [1.807, 2.05) is 6.07 Å². The Hall–Kier alpha value is -1.55. The lowest BCUT2D eigenvalue weighted by atomic mass is 10.1.